The first kappa shape index (κ1) is 27.3. The number of ether oxygens (including phenoxy) is 3. The summed E-state index contributed by atoms with van der Waals surface area (Å²) in [6.07, 6.45) is 3.24. The largest absolute Gasteiger partial charge is 0.489 e. The quantitative estimate of drug-likeness (QED) is 0.242. The van der Waals surface area contributed by atoms with Gasteiger partial charge in [-0.1, -0.05) is 12.6 Å². The van der Waals surface area contributed by atoms with Crippen LogP contribution in [0.2, 0.25) is 0 Å². The van der Waals surface area contributed by atoms with Gasteiger partial charge in [0.15, 0.2) is 0 Å². The molecular formula is C29H28N6O6. The molecule has 5 rings (SSSR count). The molecule has 3 N–H and O–H groups in total. The lowest BCUT2D eigenvalue weighted by atomic mass is 10.1. The first-order valence-corrected chi connectivity index (χ1v) is 12.8. The third kappa shape index (κ3) is 6.86. The normalized spacial score (nSPS) is 14.7. The maximum atomic E-state index is 12.2. The van der Waals surface area contributed by atoms with Gasteiger partial charge in [0.2, 0.25) is 5.91 Å². The Hall–Kier alpha value is -5.23. The van der Waals surface area contributed by atoms with Gasteiger partial charge in [-0.25, -0.2) is 14.8 Å². The number of carboxylic acid groups (broad SMARTS) is 1. The van der Waals surface area contributed by atoms with Crippen LogP contribution in [0.3, 0.4) is 0 Å². The highest BCUT2D eigenvalue weighted by Gasteiger charge is 2.28. The van der Waals surface area contributed by atoms with Gasteiger partial charge in [-0.05, 0) is 48.5 Å². The third-order valence-corrected chi connectivity index (χ3v) is 6.31. The van der Waals surface area contributed by atoms with Gasteiger partial charge in [-0.3, -0.25) is 14.7 Å². The highest BCUT2D eigenvalue weighted by Crippen LogP contribution is 2.34. The summed E-state index contributed by atoms with van der Waals surface area (Å²) in [6.45, 7) is 4.68. The van der Waals surface area contributed by atoms with E-state index in [9.17, 15) is 14.7 Å². The number of hydrogen-bond acceptors (Lipinski definition) is 9. The number of hydrogen-bond donors (Lipinski definition) is 3. The first-order valence-electron chi connectivity index (χ1n) is 12.8. The second kappa shape index (κ2) is 12.7. The number of benzene rings is 2. The molecule has 0 spiro atoms. The number of pyridine rings is 1. The fraction of sp³-hybridized carbons (Fsp3) is 0.207. The van der Waals surface area contributed by atoms with Crippen molar-refractivity contribution in [3.05, 3.63) is 85.5 Å². The van der Waals surface area contributed by atoms with E-state index in [-0.39, 0.29) is 19.8 Å². The SMILES string of the molecule is C=CC(=O)Nc1cc2c(Nc3ccc(OCc4ccccn4)cc3)ncnc2cc1OCC1COCCN1C(=O)O. The van der Waals surface area contributed by atoms with Crippen LogP contribution < -0.4 is 20.1 Å². The molecule has 41 heavy (non-hydrogen) atoms. The van der Waals surface area contributed by atoms with Crippen molar-refractivity contribution in [3.63, 3.8) is 0 Å². The Morgan fingerprint density at radius 3 is 2.73 bits per heavy atom. The summed E-state index contributed by atoms with van der Waals surface area (Å²) in [5.74, 6) is 1.09. The van der Waals surface area contributed by atoms with Gasteiger partial charge in [0, 0.05) is 29.9 Å². The Bertz CT molecular complexity index is 1530. The van der Waals surface area contributed by atoms with Crippen molar-refractivity contribution < 1.29 is 28.9 Å². The molecule has 1 fully saturated rings. The third-order valence-electron chi connectivity index (χ3n) is 6.31. The van der Waals surface area contributed by atoms with Gasteiger partial charge >= 0.3 is 6.09 Å². The van der Waals surface area contributed by atoms with Gasteiger partial charge in [-0.2, -0.15) is 0 Å². The fourth-order valence-electron chi connectivity index (χ4n) is 4.23. The molecule has 0 saturated carbocycles. The molecule has 2 aromatic heterocycles. The molecule has 0 bridgehead atoms. The number of carbonyl (C=O) groups is 2. The van der Waals surface area contributed by atoms with Crippen molar-refractivity contribution in [2.45, 2.75) is 12.6 Å². The molecule has 1 saturated heterocycles. The van der Waals surface area contributed by atoms with Crippen molar-refractivity contribution in [2.24, 2.45) is 0 Å². The molecule has 1 aliphatic heterocycles. The maximum Gasteiger partial charge on any atom is 0.407 e. The Morgan fingerprint density at radius 2 is 1.98 bits per heavy atom. The Morgan fingerprint density at radius 1 is 1.12 bits per heavy atom. The van der Waals surface area contributed by atoms with Crippen molar-refractivity contribution in [1.29, 1.82) is 0 Å². The lowest BCUT2D eigenvalue weighted by Gasteiger charge is -2.33. The van der Waals surface area contributed by atoms with E-state index in [0.29, 0.717) is 47.1 Å². The zero-order chi connectivity index (χ0) is 28.6. The van der Waals surface area contributed by atoms with E-state index in [2.05, 4.69) is 32.2 Å². The molecule has 0 radical (unpaired) electrons. The summed E-state index contributed by atoms with van der Waals surface area (Å²) in [4.78, 5) is 38.1. The topological polar surface area (TPSA) is 148 Å². The average molecular weight is 557 g/mol. The van der Waals surface area contributed by atoms with Gasteiger partial charge in [0.05, 0.1) is 36.2 Å². The summed E-state index contributed by atoms with van der Waals surface area (Å²) >= 11 is 0. The van der Waals surface area contributed by atoms with Gasteiger partial charge in [-0.15, -0.1) is 0 Å². The number of amides is 2. The Labute approximate surface area is 235 Å². The standard InChI is InChI=1S/C29H28N6O6/c1-2-27(36)34-25-13-23-24(14-26(25)41-17-21-16-39-12-11-35(21)29(37)38)31-18-32-28(23)33-19-6-8-22(9-7-19)40-15-20-5-3-4-10-30-20/h2-10,13-14,18,21H,1,11-12,15-17H2,(H,34,36)(H,37,38)(H,31,32,33). The molecule has 1 unspecified atom stereocenters. The number of morpholine rings is 1. The van der Waals surface area contributed by atoms with E-state index in [0.717, 1.165) is 17.5 Å². The van der Waals surface area contributed by atoms with Crippen molar-refractivity contribution in [3.8, 4) is 11.5 Å². The molecule has 4 aromatic rings. The summed E-state index contributed by atoms with van der Waals surface area (Å²) in [7, 11) is 0. The van der Waals surface area contributed by atoms with Crippen LogP contribution >= 0.6 is 0 Å². The molecular weight excluding hydrogens is 528 g/mol. The van der Waals surface area contributed by atoms with Crippen LogP contribution in [-0.2, 0) is 16.1 Å². The van der Waals surface area contributed by atoms with Crippen LogP contribution in [0.1, 0.15) is 5.69 Å². The van der Waals surface area contributed by atoms with E-state index in [1.54, 1.807) is 18.3 Å². The molecule has 1 aliphatic rings. The average Bonchev–Trinajstić information content (AvgIpc) is 3.00. The second-order valence-electron chi connectivity index (χ2n) is 9.06. The van der Waals surface area contributed by atoms with E-state index in [1.165, 1.54) is 11.2 Å². The highest BCUT2D eigenvalue weighted by atomic mass is 16.5. The number of nitrogens with zero attached hydrogens (tertiary/aromatic N) is 4. The van der Waals surface area contributed by atoms with Crippen molar-refractivity contribution in [1.82, 2.24) is 19.9 Å². The molecule has 3 heterocycles. The Kier molecular flexibility index (Phi) is 8.50. The summed E-state index contributed by atoms with van der Waals surface area (Å²) in [5, 5.41) is 16.2. The number of nitrogens with one attached hydrogen (secondary N) is 2. The lowest BCUT2D eigenvalue weighted by Crippen LogP contribution is -2.50. The van der Waals surface area contributed by atoms with Crippen LogP contribution in [0.15, 0.2) is 79.8 Å². The number of rotatable bonds is 10. The van der Waals surface area contributed by atoms with E-state index in [1.807, 2.05) is 42.5 Å². The van der Waals surface area contributed by atoms with Crippen LogP contribution in [0, 0.1) is 0 Å². The summed E-state index contributed by atoms with van der Waals surface area (Å²) < 4.78 is 17.3. The molecule has 1 atom stereocenters. The van der Waals surface area contributed by atoms with Crippen molar-refractivity contribution >= 4 is 40.1 Å². The van der Waals surface area contributed by atoms with Gasteiger partial charge in [0.1, 0.15) is 36.9 Å². The van der Waals surface area contributed by atoms with Crippen LogP contribution in [0.4, 0.5) is 22.0 Å². The number of fused-ring (bicyclic) bond motifs is 1. The molecule has 12 heteroatoms. The smallest absolute Gasteiger partial charge is 0.407 e. The van der Waals surface area contributed by atoms with E-state index < -0.39 is 18.0 Å². The Balaban J connectivity index is 1.35. The molecule has 0 aliphatic carbocycles. The molecule has 2 amide bonds. The monoisotopic (exact) mass is 556 g/mol. The molecule has 12 nitrogen and oxygen atoms in total. The lowest BCUT2D eigenvalue weighted by molar-refractivity contribution is -0.111. The maximum absolute atomic E-state index is 12.2. The number of carbonyl (C=O) groups excluding carboxylic acids is 1. The summed E-state index contributed by atoms with van der Waals surface area (Å²) in [6, 6.07) is 15.9. The predicted octanol–water partition coefficient (Wildman–Crippen LogP) is 4.23. The molecule has 210 valence electrons. The van der Waals surface area contributed by atoms with E-state index >= 15 is 0 Å². The number of aromatic nitrogens is 3. The molecule has 2 aromatic carbocycles. The summed E-state index contributed by atoms with van der Waals surface area (Å²) in [5.41, 5.74) is 2.51. The van der Waals surface area contributed by atoms with Crippen LogP contribution in [-0.4, -0.2) is 69.4 Å². The highest BCUT2D eigenvalue weighted by molar-refractivity contribution is 6.03. The minimum atomic E-state index is -1.04. The minimum Gasteiger partial charge on any atom is -0.489 e. The predicted molar refractivity (Wildman–Crippen MR) is 151 cm³/mol. The number of anilines is 3. The second-order valence-corrected chi connectivity index (χ2v) is 9.06. The zero-order valence-electron chi connectivity index (χ0n) is 22.0. The van der Waals surface area contributed by atoms with Gasteiger partial charge < -0.3 is 30.0 Å². The van der Waals surface area contributed by atoms with E-state index in [4.69, 9.17) is 14.2 Å². The van der Waals surface area contributed by atoms with Crippen molar-refractivity contribution in [2.75, 3.05) is 37.0 Å². The zero-order valence-corrected chi connectivity index (χ0v) is 22.0. The van der Waals surface area contributed by atoms with Gasteiger partial charge in [0.25, 0.3) is 0 Å². The first-order chi connectivity index (χ1) is 20.0. The van der Waals surface area contributed by atoms with Crippen LogP contribution in [0.25, 0.3) is 10.9 Å². The fourth-order valence-corrected chi connectivity index (χ4v) is 4.23. The van der Waals surface area contributed by atoms with Crippen LogP contribution in [0.5, 0.6) is 11.5 Å². The minimum absolute atomic E-state index is 0.0275.